The lowest BCUT2D eigenvalue weighted by molar-refractivity contribution is -0.141. The monoisotopic (exact) mass is 284 g/mol. The fraction of sp³-hybridized carbons (Fsp3) is 0.571. The number of hydrogen-bond donors (Lipinski definition) is 1. The van der Waals surface area contributed by atoms with Gasteiger partial charge in [0.15, 0.2) is 5.76 Å². The largest absolute Gasteiger partial charge is 0.502 e. The minimum absolute atomic E-state index is 0.0130. The van der Waals surface area contributed by atoms with Gasteiger partial charge in [-0.1, -0.05) is 13.8 Å². The predicted molar refractivity (Wildman–Crippen MR) is 71.6 cm³/mol. The second-order valence-corrected chi connectivity index (χ2v) is 4.85. The SMILES string of the molecule is COCc1cc(=O)c(O)c([C@@H](CC(=O)OC)C(C)C)o1. The van der Waals surface area contributed by atoms with Crippen molar-refractivity contribution in [3.63, 3.8) is 0 Å². The van der Waals surface area contributed by atoms with Gasteiger partial charge in [-0.15, -0.1) is 0 Å². The number of aromatic hydroxyl groups is 1. The van der Waals surface area contributed by atoms with Crippen LogP contribution in [0.15, 0.2) is 15.3 Å². The third-order valence-corrected chi connectivity index (χ3v) is 3.04. The molecule has 1 N–H and O–H groups in total. The Balaban J connectivity index is 3.24. The van der Waals surface area contributed by atoms with E-state index < -0.39 is 23.1 Å². The first-order valence-corrected chi connectivity index (χ1v) is 6.32. The maximum Gasteiger partial charge on any atom is 0.306 e. The number of carbonyl (C=O) groups is 1. The minimum atomic E-state index is -0.547. The third-order valence-electron chi connectivity index (χ3n) is 3.04. The van der Waals surface area contributed by atoms with Crippen LogP contribution in [0.3, 0.4) is 0 Å². The number of hydrogen-bond acceptors (Lipinski definition) is 6. The molecular weight excluding hydrogens is 264 g/mol. The number of rotatable bonds is 6. The highest BCUT2D eigenvalue weighted by Gasteiger charge is 2.27. The summed E-state index contributed by atoms with van der Waals surface area (Å²) in [6.45, 7) is 3.86. The van der Waals surface area contributed by atoms with Gasteiger partial charge in [-0.3, -0.25) is 9.59 Å². The van der Waals surface area contributed by atoms with Crippen LogP contribution >= 0.6 is 0 Å². The molecular formula is C14H20O6. The van der Waals surface area contributed by atoms with E-state index in [4.69, 9.17) is 9.15 Å². The molecule has 0 saturated heterocycles. The van der Waals surface area contributed by atoms with E-state index in [2.05, 4.69) is 4.74 Å². The first-order valence-electron chi connectivity index (χ1n) is 6.32. The van der Waals surface area contributed by atoms with Gasteiger partial charge in [-0.25, -0.2) is 0 Å². The standard InChI is InChI=1S/C14H20O6/c1-8(2)10(6-12(16)19-4)14-13(17)11(15)5-9(20-14)7-18-3/h5,8,10,17H,6-7H2,1-4H3/t10-/m0/s1. The lowest BCUT2D eigenvalue weighted by Gasteiger charge is -2.20. The van der Waals surface area contributed by atoms with Crippen LogP contribution in [0.5, 0.6) is 5.75 Å². The second-order valence-electron chi connectivity index (χ2n) is 4.85. The van der Waals surface area contributed by atoms with Crippen LogP contribution in [0.1, 0.15) is 37.7 Å². The van der Waals surface area contributed by atoms with Crippen LogP contribution < -0.4 is 5.43 Å². The zero-order valence-corrected chi connectivity index (χ0v) is 12.1. The van der Waals surface area contributed by atoms with Gasteiger partial charge < -0.3 is 19.0 Å². The van der Waals surface area contributed by atoms with E-state index >= 15 is 0 Å². The number of esters is 1. The normalized spacial score (nSPS) is 12.4. The van der Waals surface area contributed by atoms with Crippen LogP contribution in [0.4, 0.5) is 0 Å². The van der Waals surface area contributed by atoms with Crippen molar-refractivity contribution in [3.8, 4) is 5.75 Å². The van der Waals surface area contributed by atoms with Gasteiger partial charge in [-0.2, -0.15) is 0 Å². The van der Waals surface area contributed by atoms with Gasteiger partial charge in [0.25, 0.3) is 0 Å². The van der Waals surface area contributed by atoms with Gasteiger partial charge in [-0.05, 0) is 5.92 Å². The molecule has 1 rings (SSSR count). The van der Waals surface area contributed by atoms with Crippen molar-refractivity contribution in [1.29, 1.82) is 0 Å². The van der Waals surface area contributed by atoms with Crippen LogP contribution in [0, 0.1) is 5.92 Å². The Morgan fingerprint density at radius 2 is 2.05 bits per heavy atom. The van der Waals surface area contributed by atoms with E-state index in [1.807, 2.05) is 13.8 Å². The Bertz CT molecular complexity index is 517. The summed E-state index contributed by atoms with van der Waals surface area (Å²) in [7, 11) is 2.76. The van der Waals surface area contributed by atoms with E-state index in [1.165, 1.54) is 20.3 Å². The van der Waals surface area contributed by atoms with Gasteiger partial charge >= 0.3 is 5.97 Å². The predicted octanol–water partition coefficient (Wildman–Crippen LogP) is 1.79. The van der Waals surface area contributed by atoms with Crippen molar-refractivity contribution in [2.24, 2.45) is 5.92 Å². The number of methoxy groups -OCH3 is 2. The molecule has 0 amide bonds. The molecule has 1 atom stereocenters. The lowest BCUT2D eigenvalue weighted by Crippen LogP contribution is -2.17. The van der Waals surface area contributed by atoms with Crippen LogP contribution in [0.25, 0.3) is 0 Å². The molecule has 0 aliphatic heterocycles. The van der Waals surface area contributed by atoms with Crippen molar-refractivity contribution in [1.82, 2.24) is 0 Å². The molecule has 0 bridgehead atoms. The zero-order valence-electron chi connectivity index (χ0n) is 12.1. The van der Waals surface area contributed by atoms with Crippen molar-refractivity contribution < 1.29 is 23.8 Å². The summed E-state index contributed by atoms with van der Waals surface area (Å²) in [5.41, 5.74) is -0.547. The van der Waals surface area contributed by atoms with E-state index in [9.17, 15) is 14.7 Å². The molecule has 112 valence electrons. The highest BCUT2D eigenvalue weighted by molar-refractivity contribution is 5.70. The summed E-state index contributed by atoms with van der Waals surface area (Å²) < 4.78 is 15.1. The maximum absolute atomic E-state index is 11.7. The maximum atomic E-state index is 11.7. The van der Waals surface area contributed by atoms with Crippen molar-refractivity contribution >= 4 is 5.97 Å². The van der Waals surface area contributed by atoms with Crippen molar-refractivity contribution in [3.05, 3.63) is 27.8 Å². The quantitative estimate of drug-likeness (QED) is 0.801. The highest BCUT2D eigenvalue weighted by Crippen LogP contribution is 2.33. The molecule has 6 heteroatoms. The van der Waals surface area contributed by atoms with E-state index in [0.29, 0.717) is 5.76 Å². The van der Waals surface area contributed by atoms with Crippen LogP contribution in [0.2, 0.25) is 0 Å². The molecule has 0 spiro atoms. The average molecular weight is 284 g/mol. The summed E-state index contributed by atoms with van der Waals surface area (Å²) in [4.78, 5) is 23.2. The summed E-state index contributed by atoms with van der Waals surface area (Å²) in [6.07, 6.45) is 0.0289. The summed E-state index contributed by atoms with van der Waals surface area (Å²) in [5.74, 6) is -0.936. The molecule has 1 aromatic heterocycles. The lowest BCUT2D eigenvalue weighted by atomic mass is 9.89. The third kappa shape index (κ3) is 3.84. The molecule has 0 aromatic carbocycles. The van der Waals surface area contributed by atoms with Gasteiger partial charge in [0, 0.05) is 19.1 Å². The summed E-state index contributed by atoms with van der Waals surface area (Å²) >= 11 is 0. The highest BCUT2D eigenvalue weighted by atomic mass is 16.5. The minimum Gasteiger partial charge on any atom is -0.502 e. The summed E-state index contributed by atoms with van der Waals surface area (Å²) in [6, 6.07) is 1.18. The van der Waals surface area contributed by atoms with Gasteiger partial charge in [0.05, 0.1) is 13.5 Å². The Hall–Kier alpha value is -1.82. The van der Waals surface area contributed by atoms with Crippen molar-refractivity contribution in [2.75, 3.05) is 14.2 Å². The Morgan fingerprint density at radius 3 is 2.55 bits per heavy atom. The topological polar surface area (TPSA) is 86.0 Å². The molecule has 0 aliphatic rings. The molecule has 0 fully saturated rings. The van der Waals surface area contributed by atoms with Crippen LogP contribution in [-0.4, -0.2) is 25.3 Å². The van der Waals surface area contributed by atoms with E-state index in [-0.39, 0.29) is 24.7 Å². The summed E-state index contributed by atoms with van der Waals surface area (Å²) in [5, 5.41) is 9.90. The Kier molecular flexibility index (Phi) is 5.76. The average Bonchev–Trinajstić information content (AvgIpc) is 2.40. The fourth-order valence-electron chi connectivity index (χ4n) is 1.91. The Labute approximate surface area is 117 Å². The number of carbonyl (C=O) groups excluding carboxylic acids is 1. The molecule has 0 aliphatic carbocycles. The fourth-order valence-corrected chi connectivity index (χ4v) is 1.91. The molecule has 1 heterocycles. The van der Waals surface area contributed by atoms with Gasteiger partial charge in [0.1, 0.15) is 12.4 Å². The second kappa shape index (κ2) is 7.09. The number of ether oxygens (including phenoxy) is 2. The molecule has 0 saturated carbocycles. The van der Waals surface area contributed by atoms with E-state index in [1.54, 1.807) is 0 Å². The molecule has 0 unspecified atom stereocenters. The Morgan fingerprint density at radius 1 is 1.40 bits per heavy atom. The molecule has 0 radical (unpaired) electrons. The van der Waals surface area contributed by atoms with Gasteiger partial charge in [0.2, 0.25) is 11.2 Å². The first kappa shape index (κ1) is 16.2. The zero-order chi connectivity index (χ0) is 15.3. The molecule has 20 heavy (non-hydrogen) atoms. The molecule has 6 nitrogen and oxygen atoms in total. The van der Waals surface area contributed by atoms with Crippen molar-refractivity contribution in [2.45, 2.75) is 32.8 Å². The van der Waals surface area contributed by atoms with E-state index in [0.717, 1.165) is 0 Å². The molecule has 1 aromatic rings. The van der Waals surface area contributed by atoms with Crippen LogP contribution in [-0.2, 0) is 20.9 Å². The first-order chi connectivity index (χ1) is 9.40. The smallest absolute Gasteiger partial charge is 0.306 e.